The average molecular weight is 273 g/mol. The number of ether oxygens (including phenoxy) is 3. The van der Waals surface area contributed by atoms with E-state index in [-0.39, 0.29) is 0 Å². The number of nitrogens with zero attached hydrogens (tertiary/aromatic N) is 1. The van der Waals surface area contributed by atoms with Gasteiger partial charge in [0.25, 0.3) is 0 Å². The molecule has 1 heterocycles. The van der Waals surface area contributed by atoms with Gasteiger partial charge in [-0.2, -0.15) is 0 Å². The molecule has 5 heteroatoms. The van der Waals surface area contributed by atoms with Gasteiger partial charge in [0.2, 0.25) is 5.75 Å². The fraction of sp³-hybridized carbons (Fsp3) is 0.200. The molecule has 0 unspecified atom stereocenters. The van der Waals surface area contributed by atoms with Crippen molar-refractivity contribution in [1.29, 1.82) is 0 Å². The van der Waals surface area contributed by atoms with Crippen LogP contribution in [-0.2, 0) is 0 Å². The standard InChI is InChI=1S/C15H15NO4/c1-18-13-7-10(8-14(19-2)15(13)20-3)12-6-4-5-11(9-17)16-12/h4-9H,1-3H3. The number of methoxy groups -OCH3 is 3. The second kappa shape index (κ2) is 6.06. The summed E-state index contributed by atoms with van der Waals surface area (Å²) in [5.74, 6) is 1.60. The first-order valence-corrected chi connectivity index (χ1v) is 5.96. The average Bonchev–Trinajstić information content (AvgIpc) is 2.53. The van der Waals surface area contributed by atoms with Crippen molar-refractivity contribution in [2.24, 2.45) is 0 Å². The summed E-state index contributed by atoms with van der Waals surface area (Å²) in [7, 11) is 4.65. The molecule has 0 amide bonds. The Hall–Kier alpha value is -2.56. The monoisotopic (exact) mass is 273 g/mol. The lowest BCUT2D eigenvalue weighted by molar-refractivity contribution is 0.111. The van der Waals surface area contributed by atoms with E-state index in [1.165, 1.54) is 0 Å². The summed E-state index contributed by atoms with van der Waals surface area (Å²) >= 11 is 0. The Morgan fingerprint density at radius 1 is 1.00 bits per heavy atom. The molecule has 0 atom stereocenters. The lowest BCUT2D eigenvalue weighted by Crippen LogP contribution is -1.97. The molecular weight excluding hydrogens is 258 g/mol. The fourth-order valence-electron chi connectivity index (χ4n) is 1.91. The van der Waals surface area contributed by atoms with Gasteiger partial charge in [-0.3, -0.25) is 4.79 Å². The number of carbonyl (C=O) groups is 1. The molecule has 104 valence electrons. The molecule has 0 spiro atoms. The summed E-state index contributed by atoms with van der Waals surface area (Å²) in [4.78, 5) is 15.1. The third-order valence-corrected chi connectivity index (χ3v) is 2.85. The molecule has 0 saturated carbocycles. The Morgan fingerprint density at radius 3 is 2.15 bits per heavy atom. The first kappa shape index (κ1) is 13.9. The van der Waals surface area contributed by atoms with Crippen molar-refractivity contribution in [2.45, 2.75) is 0 Å². The Kier molecular flexibility index (Phi) is 4.20. The van der Waals surface area contributed by atoms with Gasteiger partial charge in [0, 0.05) is 5.56 Å². The van der Waals surface area contributed by atoms with Crippen molar-refractivity contribution in [2.75, 3.05) is 21.3 Å². The Balaban J connectivity index is 2.59. The molecule has 2 aromatic rings. The number of aromatic nitrogens is 1. The highest BCUT2D eigenvalue weighted by Gasteiger charge is 2.14. The number of hydrogen-bond acceptors (Lipinski definition) is 5. The van der Waals surface area contributed by atoms with Gasteiger partial charge in [0.05, 0.1) is 27.0 Å². The predicted molar refractivity (Wildman–Crippen MR) is 74.7 cm³/mol. The third-order valence-electron chi connectivity index (χ3n) is 2.85. The van der Waals surface area contributed by atoms with Crippen molar-refractivity contribution >= 4 is 6.29 Å². The number of hydrogen-bond donors (Lipinski definition) is 0. The van der Waals surface area contributed by atoms with E-state index in [4.69, 9.17) is 14.2 Å². The minimum absolute atomic E-state index is 0.372. The van der Waals surface area contributed by atoms with E-state index in [0.717, 1.165) is 5.56 Å². The zero-order valence-electron chi connectivity index (χ0n) is 11.5. The number of pyridine rings is 1. The van der Waals surface area contributed by atoms with Crippen LogP contribution >= 0.6 is 0 Å². The van der Waals surface area contributed by atoms with Gasteiger partial charge in [-0.25, -0.2) is 4.98 Å². The Bertz CT molecular complexity index is 600. The van der Waals surface area contributed by atoms with Crippen molar-refractivity contribution in [3.8, 4) is 28.5 Å². The van der Waals surface area contributed by atoms with Crippen LogP contribution in [0.15, 0.2) is 30.3 Å². The number of rotatable bonds is 5. The lowest BCUT2D eigenvalue weighted by atomic mass is 10.1. The lowest BCUT2D eigenvalue weighted by Gasteiger charge is -2.14. The Labute approximate surface area is 117 Å². The molecule has 0 aliphatic heterocycles. The molecule has 0 aliphatic rings. The van der Waals surface area contributed by atoms with Crippen molar-refractivity contribution in [3.63, 3.8) is 0 Å². The molecule has 1 aromatic carbocycles. The van der Waals surface area contributed by atoms with Crippen LogP contribution < -0.4 is 14.2 Å². The maximum absolute atomic E-state index is 10.8. The summed E-state index contributed by atoms with van der Waals surface area (Å²) in [6.07, 6.45) is 0.710. The second-order valence-corrected chi connectivity index (χ2v) is 3.98. The maximum Gasteiger partial charge on any atom is 0.203 e. The van der Waals surface area contributed by atoms with Crippen LogP contribution in [0.5, 0.6) is 17.2 Å². The summed E-state index contributed by atoms with van der Waals surface area (Å²) in [5.41, 5.74) is 1.81. The molecule has 1 aromatic heterocycles. The van der Waals surface area contributed by atoms with Crippen LogP contribution in [0.3, 0.4) is 0 Å². The zero-order chi connectivity index (χ0) is 14.5. The van der Waals surface area contributed by atoms with Crippen LogP contribution in [0.1, 0.15) is 10.5 Å². The van der Waals surface area contributed by atoms with Gasteiger partial charge in [-0.1, -0.05) is 6.07 Å². The van der Waals surface area contributed by atoms with Crippen molar-refractivity contribution < 1.29 is 19.0 Å². The summed E-state index contributed by atoms with van der Waals surface area (Å²) < 4.78 is 15.9. The molecule has 0 N–H and O–H groups in total. The molecule has 2 rings (SSSR count). The van der Waals surface area contributed by atoms with E-state index < -0.39 is 0 Å². The van der Waals surface area contributed by atoms with Gasteiger partial charge in [-0.05, 0) is 24.3 Å². The normalized spacial score (nSPS) is 9.95. The fourth-order valence-corrected chi connectivity index (χ4v) is 1.91. The summed E-state index contributed by atoms with van der Waals surface area (Å²) in [6.45, 7) is 0. The highest BCUT2D eigenvalue weighted by molar-refractivity contribution is 5.75. The zero-order valence-corrected chi connectivity index (χ0v) is 11.5. The molecule has 5 nitrogen and oxygen atoms in total. The van der Waals surface area contributed by atoms with Gasteiger partial charge < -0.3 is 14.2 Å². The molecule has 0 bridgehead atoms. The van der Waals surface area contributed by atoms with Crippen LogP contribution in [0.25, 0.3) is 11.3 Å². The van der Waals surface area contributed by atoms with Gasteiger partial charge in [0.1, 0.15) is 5.69 Å². The highest BCUT2D eigenvalue weighted by Crippen LogP contribution is 2.40. The molecule has 0 saturated heterocycles. The highest BCUT2D eigenvalue weighted by atomic mass is 16.5. The van der Waals surface area contributed by atoms with Crippen LogP contribution in [-0.4, -0.2) is 32.6 Å². The molecule has 0 aliphatic carbocycles. The first-order chi connectivity index (χ1) is 9.73. The first-order valence-electron chi connectivity index (χ1n) is 5.96. The number of carbonyl (C=O) groups excluding carboxylic acids is 1. The third kappa shape index (κ3) is 2.56. The summed E-state index contributed by atoms with van der Waals surface area (Å²) in [6, 6.07) is 8.81. The summed E-state index contributed by atoms with van der Waals surface area (Å²) in [5, 5.41) is 0. The van der Waals surface area contributed by atoms with Crippen molar-refractivity contribution in [3.05, 3.63) is 36.0 Å². The largest absolute Gasteiger partial charge is 0.493 e. The molecular formula is C15H15NO4. The van der Waals surface area contributed by atoms with E-state index in [9.17, 15) is 4.79 Å². The van der Waals surface area contributed by atoms with E-state index in [1.54, 1.807) is 45.6 Å². The molecule has 0 radical (unpaired) electrons. The van der Waals surface area contributed by atoms with Crippen LogP contribution in [0.4, 0.5) is 0 Å². The van der Waals surface area contributed by atoms with E-state index in [0.29, 0.717) is 34.9 Å². The quantitative estimate of drug-likeness (QED) is 0.784. The van der Waals surface area contributed by atoms with E-state index >= 15 is 0 Å². The SMILES string of the molecule is COc1cc(-c2cccc(C=O)n2)cc(OC)c1OC. The van der Waals surface area contributed by atoms with Gasteiger partial charge in [-0.15, -0.1) is 0 Å². The van der Waals surface area contributed by atoms with Gasteiger partial charge in [0.15, 0.2) is 17.8 Å². The van der Waals surface area contributed by atoms with E-state index in [2.05, 4.69) is 4.98 Å². The minimum Gasteiger partial charge on any atom is -0.493 e. The molecule has 20 heavy (non-hydrogen) atoms. The maximum atomic E-state index is 10.8. The van der Waals surface area contributed by atoms with Crippen molar-refractivity contribution in [1.82, 2.24) is 4.98 Å². The Morgan fingerprint density at radius 2 is 1.65 bits per heavy atom. The number of benzene rings is 1. The van der Waals surface area contributed by atoms with Crippen LogP contribution in [0, 0.1) is 0 Å². The number of aldehydes is 1. The van der Waals surface area contributed by atoms with Crippen LogP contribution in [0.2, 0.25) is 0 Å². The predicted octanol–water partition coefficient (Wildman–Crippen LogP) is 2.59. The van der Waals surface area contributed by atoms with Gasteiger partial charge >= 0.3 is 0 Å². The smallest absolute Gasteiger partial charge is 0.203 e. The minimum atomic E-state index is 0.372. The molecule has 0 fully saturated rings. The van der Waals surface area contributed by atoms with E-state index in [1.807, 2.05) is 6.07 Å². The topological polar surface area (TPSA) is 57.7 Å². The second-order valence-electron chi connectivity index (χ2n) is 3.98.